The second-order valence-electron chi connectivity index (χ2n) is 6.26. The molecule has 1 atom stereocenters. The molecule has 0 aliphatic heterocycles. The minimum absolute atomic E-state index is 0.0795. The smallest absolute Gasteiger partial charge is 0.251 e. The lowest BCUT2D eigenvalue weighted by atomic mass is 9.99. The Morgan fingerprint density at radius 1 is 1.27 bits per heavy atom. The quantitative estimate of drug-likeness (QED) is 0.424. The highest BCUT2D eigenvalue weighted by atomic mass is 16.2. The van der Waals surface area contributed by atoms with Gasteiger partial charge in [-0.15, -0.1) is 6.42 Å². The van der Waals surface area contributed by atoms with Gasteiger partial charge in [0.2, 0.25) is 12.3 Å². The predicted octanol–water partition coefficient (Wildman–Crippen LogP) is 1.78. The second-order valence-corrected chi connectivity index (χ2v) is 6.26. The van der Waals surface area contributed by atoms with Crippen LogP contribution in [0.2, 0.25) is 0 Å². The molecule has 0 unspecified atom stereocenters. The Bertz CT molecular complexity index is 715. The largest absolute Gasteiger partial charge is 0.350 e. The highest BCUT2D eigenvalue weighted by Crippen LogP contribution is 2.15. The number of nitrogens with one attached hydrogen (secondary N) is 2. The van der Waals surface area contributed by atoms with E-state index in [9.17, 15) is 14.4 Å². The van der Waals surface area contributed by atoms with Crippen molar-refractivity contribution in [3.8, 4) is 12.3 Å². The molecule has 0 radical (unpaired) electrons. The molecule has 0 fully saturated rings. The van der Waals surface area contributed by atoms with Gasteiger partial charge in [0.25, 0.3) is 5.91 Å². The van der Waals surface area contributed by atoms with Gasteiger partial charge >= 0.3 is 0 Å². The van der Waals surface area contributed by atoms with Crippen LogP contribution < -0.4 is 10.6 Å². The third-order valence-electron chi connectivity index (χ3n) is 3.95. The van der Waals surface area contributed by atoms with Gasteiger partial charge in [-0.1, -0.05) is 25.8 Å². The van der Waals surface area contributed by atoms with Gasteiger partial charge in [0.15, 0.2) is 0 Å². The van der Waals surface area contributed by atoms with Crippen LogP contribution in [0.3, 0.4) is 0 Å². The molecule has 6 heteroatoms. The summed E-state index contributed by atoms with van der Waals surface area (Å²) in [5.74, 6) is 2.13. The van der Waals surface area contributed by atoms with Gasteiger partial charge in [-0.05, 0) is 37.1 Å². The number of anilines is 1. The molecule has 2 N–H and O–H groups in total. The van der Waals surface area contributed by atoms with Crippen LogP contribution in [-0.2, 0) is 14.4 Å². The molecule has 1 aromatic carbocycles. The Morgan fingerprint density at radius 2 is 1.88 bits per heavy atom. The van der Waals surface area contributed by atoms with E-state index in [1.165, 1.54) is 4.90 Å². The molecule has 3 amide bonds. The van der Waals surface area contributed by atoms with Crippen LogP contribution in [0.5, 0.6) is 0 Å². The summed E-state index contributed by atoms with van der Waals surface area (Å²) in [6, 6.07) is 6.70. The molecule has 26 heavy (non-hydrogen) atoms. The van der Waals surface area contributed by atoms with Gasteiger partial charge in [-0.2, -0.15) is 0 Å². The van der Waals surface area contributed by atoms with E-state index < -0.39 is 0 Å². The van der Waals surface area contributed by atoms with Crippen LogP contribution >= 0.6 is 0 Å². The molecule has 0 aromatic heterocycles. The molecule has 0 aliphatic carbocycles. The van der Waals surface area contributed by atoms with Gasteiger partial charge in [0.1, 0.15) is 0 Å². The van der Waals surface area contributed by atoms with Crippen molar-refractivity contribution in [1.29, 1.82) is 0 Å². The Kier molecular flexibility index (Phi) is 8.10. The van der Waals surface area contributed by atoms with Gasteiger partial charge in [0.05, 0.1) is 12.6 Å². The van der Waals surface area contributed by atoms with Gasteiger partial charge < -0.3 is 15.5 Å². The number of hydrogen-bond donors (Lipinski definition) is 2. The van der Waals surface area contributed by atoms with E-state index in [1.807, 2.05) is 13.8 Å². The summed E-state index contributed by atoms with van der Waals surface area (Å²) in [5.41, 5.74) is 1.87. The van der Waals surface area contributed by atoms with Crippen LogP contribution in [0.15, 0.2) is 35.9 Å². The van der Waals surface area contributed by atoms with Crippen LogP contribution in [0.4, 0.5) is 5.69 Å². The first-order valence-corrected chi connectivity index (χ1v) is 8.29. The van der Waals surface area contributed by atoms with Gasteiger partial charge in [0, 0.05) is 23.9 Å². The summed E-state index contributed by atoms with van der Waals surface area (Å²) in [7, 11) is 1.65. The second kappa shape index (κ2) is 10.0. The van der Waals surface area contributed by atoms with Crippen LogP contribution in [0.1, 0.15) is 26.3 Å². The Balaban J connectivity index is 2.87. The van der Waals surface area contributed by atoms with Gasteiger partial charge in [-0.3, -0.25) is 14.4 Å². The SMILES string of the molecule is C#Cc1ccc(NC(=O)/C(C)=C/[C@H](C(C)C)N(C)C(=O)CNC=O)cc1. The van der Waals surface area contributed by atoms with E-state index in [-0.39, 0.29) is 30.3 Å². The molecule has 0 bridgehead atoms. The highest BCUT2D eigenvalue weighted by Gasteiger charge is 2.22. The molecule has 0 saturated carbocycles. The number of likely N-dealkylation sites (N-methyl/N-ethyl adjacent to an activating group) is 1. The molecule has 0 heterocycles. The minimum Gasteiger partial charge on any atom is -0.350 e. The summed E-state index contributed by atoms with van der Waals surface area (Å²) < 4.78 is 0. The first kappa shape index (κ1) is 21.0. The molecular formula is C20H25N3O3. The normalized spacial score (nSPS) is 12.1. The zero-order chi connectivity index (χ0) is 19.7. The van der Waals surface area contributed by atoms with Crippen LogP contribution in [-0.4, -0.2) is 42.8 Å². The summed E-state index contributed by atoms with van der Waals surface area (Å²) >= 11 is 0. The molecule has 1 rings (SSSR count). The molecule has 6 nitrogen and oxygen atoms in total. The fourth-order valence-electron chi connectivity index (χ4n) is 2.38. The lowest BCUT2D eigenvalue weighted by molar-refractivity contribution is -0.132. The molecule has 1 aromatic rings. The third kappa shape index (κ3) is 6.10. The van der Waals surface area contributed by atoms with Crippen molar-refractivity contribution in [2.45, 2.75) is 26.8 Å². The Hall–Kier alpha value is -3.07. The Morgan fingerprint density at radius 3 is 2.38 bits per heavy atom. The molecule has 0 spiro atoms. The van der Waals surface area contributed by atoms with E-state index in [4.69, 9.17) is 6.42 Å². The van der Waals surface area contributed by atoms with Crippen molar-refractivity contribution in [3.63, 3.8) is 0 Å². The summed E-state index contributed by atoms with van der Waals surface area (Å²) in [6.07, 6.45) is 7.55. The topological polar surface area (TPSA) is 78.5 Å². The number of amides is 3. The maximum absolute atomic E-state index is 12.4. The van der Waals surface area contributed by atoms with Crippen molar-refractivity contribution < 1.29 is 14.4 Å². The van der Waals surface area contributed by atoms with E-state index in [1.54, 1.807) is 44.3 Å². The number of benzene rings is 1. The number of hydrogen-bond acceptors (Lipinski definition) is 3. The molecular weight excluding hydrogens is 330 g/mol. The summed E-state index contributed by atoms with van der Waals surface area (Å²) in [6.45, 7) is 5.54. The molecule has 0 aliphatic rings. The van der Waals surface area contributed by atoms with Crippen LogP contribution in [0.25, 0.3) is 0 Å². The first-order chi connectivity index (χ1) is 12.3. The van der Waals surface area contributed by atoms with E-state index in [2.05, 4.69) is 16.6 Å². The zero-order valence-corrected chi connectivity index (χ0v) is 15.6. The van der Waals surface area contributed by atoms with Crippen molar-refractivity contribution in [2.75, 3.05) is 18.9 Å². The van der Waals surface area contributed by atoms with E-state index >= 15 is 0 Å². The standard InChI is InChI=1S/C20H25N3O3/c1-6-16-7-9-17(10-8-16)22-20(26)15(4)11-18(14(2)3)23(5)19(25)12-21-13-24/h1,7-11,13-14,18H,12H2,2-5H3,(H,21,24)(H,22,26)/b15-11+/t18-/m1/s1. The van der Waals surface area contributed by atoms with Crippen LogP contribution in [0, 0.1) is 18.3 Å². The number of carbonyl (C=O) groups excluding carboxylic acids is 3. The number of rotatable bonds is 8. The van der Waals surface area contributed by atoms with Crippen molar-refractivity contribution in [2.24, 2.45) is 5.92 Å². The van der Waals surface area contributed by atoms with Crippen molar-refractivity contribution >= 4 is 23.9 Å². The lowest BCUT2D eigenvalue weighted by Gasteiger charge is -2.29. The zero-order valence-electron chi connectivity index (χ0n) is 15.6. The minimum atomic E-state index is -0.273. The van der Waals surface area contributed by atoms with E-state index in [0.29, 0.717) is 17.7 Å². The number of carbonyl (C=O) groups is 3. The fraction of sp³-hybridized carbons (Fsp3) is 0.350. The molecule has 0 saturated heterocycles. The third-order valence-corrected chi connectivity index (χ3v) is 3.95. The van der Waals surface area contributed by atoms with Gasteiger partial charge in [-0.25, -0.2) is 0 Å². The monoisotopic (exact) mass is 355 g/mol. The number of nitrogens with zero attached hydrogens (tertiary/aromatic N) is 1. The maximum atomic E-state index is 12.4. The first-order valence-electron chi connectivity index (χ1n) is 8.29. The maximum Gasteiger partial charge on any atom is 0.251 e. The Labute approximate surface area is 154 Å². The van der Waals surface area contributed by atoms with Crippen molar-refractivity contribution in [3.05, 3.63) is 41.5 Å². The predicted molar refractivity (Wildman–Crippen MR) is 102 cm³/mol. The number of terminal acetylenes is 1. The summed E-state index contributed by atoms with van der Waals surface area (Å²) in [4.78, 5) is 36.4. The molecule has 138 valence electrons. The van der Waals surface area contributed by atoms with Crippen molar-refractivity contribution in [1.82, 2.24) is 10.2 Å². The average molecular weight is 355 g/mol. The summed E-state index contributed by atoms with van der Waals surface area (Å²) in [5, 5.41) is 5.16. The van der Waals surface area contributed by atoms with E-state index in [0.717, 1.165) is 5.56 Å². The highest BCUT2D eigenvalue weighted by molar-refractivity contribution is 6.03. The average Bonchev–Trinajstić information content (AvgIpc) is 2.63. The lowest BCUT2D eigenvalue weighted by Crippen LogP contribution is -2.43. The fourth-order valence-corrected chi connectivity index (χ4v) is 2.38.